The van der Waals surface area contributed by atoms with Crippen molar-refractivity contribution in [3.63, 3.8) is 0 Å². The fourth-order valence-corrected chi connectivity index (χ4v) is 4.47. The SMILES string of the molecule is COc1ccc2sc(N(Cc3ccccc3)C(=O)c3c[nH]c4ccccc34)nc2c1. The van der Waals surface area contributed by atoms with Gasteiger partial charge in [0.2, 0.25) is 0 Å². The molecule has 6 heteroatoms. The molecule has 0 aliphatic heterocycles. The highest BCUT2D eigenvalue weighted by Gasteiger charge is 2.24. The second kappa shape index (κ2) is 7.65. The Balaban J connectivity index is 1.60. The lowest BCUT2D eigenvalue weighted by Gasteiger charge is -2.20. The first-order valence-corrected chi connectivity index (χ1v) is 10.4. The number of para-hydroxylation sites is 1. The predicted molar refractivity (Wildman–Crippen MR) is 121 cm³/mol. The molecule has 30 heavy (non-hydrogen) atoms. The smallest absolute Gasteiger partial charge is 0.262 e. The van der Waals surface area contributed by atoms with Gasteiger partial charge in [-0.1, -0.05) is 59.9 Å². The number of carbonyl (C=O) groups is 1. The van der Waals surface area contributed by atoms with Crippen LogP contribution < -0.4 is 9.64 Å². The highest BCUT2D eigenvalue weighted by molar-refractivity contribution is 7.22. The zero-order chi connectivity index (χ0) is 20.5. The normalized spacial score (nSPS) is 11.1. The molecule has 5 rings (SSSR count). The van der Waals surface area contributed by atoms with E-state index in [1.165, 1.54) is 11.3 Å². The van der Waals surface area contributed by atoms with E-state index in [9.17, 15) is 4.79 Å². The molecule has 0 saturated carbocycles. The number of nitrogens with one attached hydrogen (secondary N) is 1. The Hall–Kier alpha value is -3.64. The van der Waals surface area contributed by atoms with Gasteiger partial charge in [-0.15, -0.1) is 0 Å². The van der Waals surface area contributed by atoms with Crippen LogP contribution in [-0.2, 0) is 6.54 Å². The van der Waals surface area contributed by atoms with Gasteiger partial charge in [0, 0.05) is 23.2 Å². The van der Waals surface area contributed by atoms with Crippen LogP contribution in [0.4, 0.5) is 5.13 Å². The van der Waals surface area contributed by atoms with Gasteiger partial charge in [-0.05, 0) is 23.8 Å². The number of nitrogens with zero attached hydrogens (tertiary/aromatic N) is 2. The first kappa shape index (κ1) is 18.4. The molecule has 2 heterocycles. The number of ether oxygens (including phenoxy) is 1. The number of methoxy groups -OCH3 is 1. The van der Waals surface area contributed by atoms with E-state index < -0.39 is 0 Å². The Labute approximate surface area is 177 Å². The zero-order valence-corrected chi connectivity index (χ0v) is 17.1. The molecule has 0 bridgehead atoms. The number of thiazole rings is 1. The van der Waals surface area contributed by atoms with Crippen LogP contribution in [0, 0.1) is 0 Å². The highest BCUT2D eigenvalue weighted by Crippen LogP contribution is 2.33. The lowest BCUT2D eigenvalue weighted by Crippen LogP contribution is -2.30. The number of carbonyl (C=O) groups excluding carboxylic acids is 1. The third-order valence-electron chi connectivity index (χ3n) is 5.06. The molecule has 0 aliphatic rings. The van der Waals surface area contributed by atoms with E-state index >= 15 is 0 Å². The van der Waals surface area contributed by atoms with Gasteiger partial charge in [-0.3, -0.25) is 9.69 Å². The van der Waals surface area contributed by atoms with Gasteiger partial charge in [0.15, 0.2) is 5.13 Å². The molecule has 148 valence electrons. The average Bonchev–Trinajstić information content (AvgIpc) is 3.41. The van der Waals surface area contributed by atoms with E-state index in [2.05, 4.69) is 4.98 Å². The summed E-state index contributed by atoms with van der Waals surface area (Å²) in [6, 6.07) is 23.6. The Bertz CT molecular complexity index is 1340. The van der Waals surface area contributed by atoms with E-state index in [0.29, 0.717) is 17.2 Å². The number of amides is 1. The first-order valence-electron chi connectivity index (χ1n) is 9.59. The fourth-order valence-electron chi connectivity index (χ4n) is 3.52. The molecule has 5 nitrogen and oxygen atoms in total. The third-order valence-corrected chi connectivity index (χ3v) is 6.12. The minimum Gasteiger partial charge on any atom is -0.497 e. The van der Waals surface area contributed by atoms with Crippen LogP contribution in [0.15, 0.2) is 79.0 Å². The summed E-state index contributed by atoms with van der Waals surface area (Å²) in [5.41, 5.74) is 3.44. The summed E-state index contributed by atoms with van der Waals surface area (Å²) in [5, 5.41) is 1.57. The lowest BCUT2D eigenvalue weighted by molar-refractivity contribution is 0.0986. The van der Waals surface area contributed by atoms with Crippen LogP contribution in [-0.4, -0.2) is 23.0 Å². The van der Waals surface area contributed by atoms with Gasteiger partial charge in [-0.2, -0.15) is 0 Å². The number of rotatable bonds is 5. The van der Waals surface area contributed by atoms with Crippen molar-refractivity contribution in [1.82, 2.24) is 9.97 Å². The molecule has 3 aromatic carbocycles. The molecule has 0 radical (unpaired) electrons. The maximum Gasteiger partial charge on any atom is 0.262 e. The van der Waals surface area contributed by atoms with Crippen LogP contribution in [0.1, 0.15) is 15.9 Å². The van der Waals surface area contributed by atoms with Crippen molar-refractivity contribution in [1.29, 1.82) is 0 Å². The molecule has 0 fully saturated rings. The van der Waals surface area contributed by atoms with Crippen LogP contribution in [0.3, 0.4) is 0 Å². The molecule has 1 amide bonds. The molecular formula is C24H19N3O2S. The van der Waals surface area contributed by atoms with E-state index in [1.54, 1.807) is 18.2 Å². The molecule has 0 saturated heterocycles. The van der Waals surface area contributed by atoms with Crippen molar-refractivity contribution >= 4 is 43.5 Å². The predicted octanol–water partition coefficient (Wildman–Crippen LogP) is 5.63. The maximum absolute atomic E-state index is 13.7. The van der Waals surface area contributed by atoms with Crippen molar-refractivity contribution in [2.24, 2.45) is 0 Å². The molecule has 0 spiro atoms. The largest absolute Gasteiger partial charge is 0.497 e. The summed E-state index contributed by atoms with van der Waals surface area (Å²) in [6.45, 7) is 0.441. The monoisotopic (exact) mass is 413 g/mol. The summed E-state index contributed by atoms with van der Waals surface area (Å²) in [7, 11) is 1.64. The number of hydrogen-bond donors (Lipinski definition) is 1. The Kier molecular flexibility index (Phi) is 4.69. The lowest BCUT2D eigenvalue weighted by atomic mass is 10.1. The Morgan fingerprint density at radius 1 is 1.07 bits per heavy atom. The quantitative estimate of drug-likeness (QED) is 0.406. The highest BCUT2D eigenvalue weighted by atomic mass is 32.1. The topological polar surface area (TPSA) is 58.2 Å². The molecule has 1 N–H and O–H groups in total. The summed E-state index contributed by atoms with van der Waals surface area (Å²) < 4.78 is 6.33. The fraction of sp³-hybridized carbons (Fsp3) is 0.0833. The molecule has 0 aliphatic carbocycles. The average molecular weight is 414 g/mol. The number of H-pyrrole nitrogens is 1. The number of aromatic amines is 1. The third kappa shape index (κ3) is 3.31. The van der Waals surface area contributed by atoms with Gasteiger partial charge >= 0.3 is 0 Å². The van der Waals surface area contributed by atoms with Gasteiger partial charge < -0.3 is 9.72 Å². The van der Waals surface area contributed by atoms with Crippen molar-refractivity contribution in [2.75, 3.05) is 12.0 Å². The van der Waals surface area contributed by atoms with Crippen LogP contribution in [0.2, 0.25) is 0 Å². The van der Waals surface area contributed by atoms with E-state index in [1.807, 2.05) is 72.8 Å². The molecule has 0 atom stereocenters. The van der Waals surface area contributed by atoms with E-state index in [0.717, 1.165) is 32.4 Å². The summed E-state index contributed by atoms with van der Waals surface area (Å²) in [6.07, 6.45) is 1.78. The van der Waals surface area contributed by atoms with Crippen molar-refractivity contribution in [3.8, 4) is 5.75 Å². The van der Waals surface area contributed by atoms with E-state index in [-0.39, 0.29) is 5.91 Å². The second-order valence-corrected chi connectivity index (χ2v) is 7.96. The van der Waals surface area contributed by atoms with Gasteiger partial charge in [0.05, 0.1) is 29.4 Å². The number of anilines is 1. The zero-order valence-electron chi connectivity index (χ0n) is 16.3. The first-order chi connectivity index (χ1) is 14.7. The maximum atomic E-state index is 13.7. The number of hydrogen-bond acceptors (Lipinski definition) is 4. The molecule has 5 aromatic rings. The minimum atomic E-state index is -0.0812. The van der Waals surface area contributed by atoms with Crippen molar-refractivity contribution < 1.29 is 9.53 Å². The molecule has 2 aromatic heterocycles. The number of fused-ring (bicyclic) bond motifs is 2. The van der Waals surface area contributed by atoms with Crippen LogP contribution in [0.25, 0.3) is 21.1 Å². The minimum absolute atomic E-state index is 0.0812. The van der Waals surface area contributed by atoms with Crippen LogP contribution in [0.5, 0.6) is 5.75 Å². The van der Waals surface area contributed by atoms with Crippen LogP contribution >= 0.6 is 11.3 Å². The molecule has 0 unspecified atom stereocenters. The number of aromatic nitrogens is 2. The standard InChI is InChI=1S/C24H19N3O2S/c1-29-17-11-12-22-21(13-17)26-24(30-22)27(15-16-7-3-2-4-8-16)23(28)19-14-25-20-10-6-5-9-18(19)20/h2-14,25H,15H2,1H3. The van der Waals surface area contributed by atoms with Crippen molar-refractivity contribution in [2.45, 2.75) is 6.54 Å². The summed E-state index contributed by atoms with van der Waals surface area (Å²) >= 11 is 1.50. The number of benzene rings is 3. The molecular weight excluding hydrogens is 394 g/mol. The van der Waals surface area contributed by atoms with E-state index in [4.69, 9.17) is 9.72 Å². The van der Waals surface area contributed by atoms with Crippen molar-refractivity contribution in [3.05, 3.63) is 90.1 Å². The summed E-state index contributed by atoms with van der Waals surface area (Å²) in [5.74, 6) is 0.666. The Morgan fingerprint density at radius 3 is 2.70 bits per heavy atom. The Morgan fingerprint density at radius 2 is 1.87 bits per heavy atom. The summed E-state index contributed by atoms with van der Waals surface area (Å²) in [4.78, 5) is 23.4. The second-order valence-electron chi connectivity index (χ2n) is 6.95. The van der Waals surface area contributed by atoms with Gasteiger partial charge in [0.25, 0.3) is 5.91 Å². The van der Waals surface area contributed by atoms with Gasteiger partial charge in [-0.25, -0.2) is 4.98 Å². The van der Waals surface area contributed by atoms with Gasteiger partial charge in [0.1, 0.15) is 5.75 Å².